The number of hydrogen-bond donors (Lipinski definition) is 1. The highest BCUT2D eigenvalue weighted by atomic mass is 19.4. The minimum Gasteiger partial charge on any atom is -0.457 e. The van der Waals surface area contributed by atoms with E-state index in [1.54, 1.807) is 13.0 Å². The van der Waals surface area contributed by atoms with E-state index in [1.807, 2.05) is 6.92 Å². The molecule has 0 aliphatic heterocycles. The lowest BCUT2D eigenvalue weighted by atomic mass is 10.0. The molecule has 1 N–H and O–H groups in total. The van der Waals surface area contributed by atoms with Crippen molar-refractivity contribution in [3.8, 4) is 22.9 Å². The van der Waals surface area contributed by atoms with Crippen LogP contribution in [0.1, 0.15) is 35.5 Å². The van der Waals surface area contributed by atoms with Gasteiger partial charge in [0.2, 0.25) is 5.65 Å². The highest BCUT2D eigenvalue weighted by Gasteiger charge is 2.38. The summed E-state index contributed by atoms with van der Waals surface area (Å²) in [4.78, 5) is 20.7. The molecule has 0 bridgehead atoms. The van der Waals surface area contributed by atoms with Crippen LogP contribution in [0.3, 0.4) is 0 Å². The van der Waals surface area contributed by atoms with Gasteiger partial charge in [-0.25, -0.2) is 14.8 Å². The summed E-state index contributed by atoms with van der Waals surface area (Å²) in [5.41, 5.74) is -0.199. The Bertz CT molecular complexity index is 1330. The van der Waals surface area contributed by atoms with Crippen LogP contribution in [0.15, 0.2) is 47.6 Å². The summed E-state index contributed by atoms with van der Waals surface area (Å²) in [7, 11) is 0. The van der Waals surface area contributed by atoms with E-state index in [1.165, 1.54) is 35.1 Å². The van der Waals surface area contributed by atoms with Gasteiger partial charge in [-0.15, -0.1) is 0 Å². The molecule has 1 aromatic carbocycles. The molecule has 34 heavy (non-hydrogen) atoms. The molecule has 4 rings (SSSR count). The number of fused-ring (bicyclic) bond motifs is 1. The van der Waals surface area contributed by atoms with Crippen molar-refractivity contribution >= 4 is 11.6 Å². The SMILES string of the molecule is CCc1cc(Oc2nccn3c(-c4conc4C(F)(F)F)cnc23)ccc1C(=O)O[C@H](C)CO. The number of halogens is 3. The first-order valence-electron chi connectivity index (χ1n) is 10.2. The Balaban J connectivity index is 1.66. The molecule has 9 nitrogen and oxygen atoms in total. The molecule has 0 saturated carbocycles. The van der Waals surface area contributed by atoms with Gasteiger partial charge in [0.1, 0.15) is 18.1 Å². The fourth-order valence-electron chi connectivity index (χ4n) is 3.31. The number of carbonyl (C=O) groups is 1. The molecule has 0 spiro atoms. The summed E-state index contributed by atoms with van der Waals surface area (Å²) < 4.78 is 56.7. The summed E-state index contributed by atoms with van der Waals surface area (Å²) in [6.07, 6.45) is 0.0863. The number of rotatable bonds is 7. The quantitative estimate of drug-likeness (QED) is 0.393. The van der Waals surface area contributed by atoms with E-state index in [2.05, 4.69) is 19.6 Å². The first-order valence-corrected chi connectivity index (χ1v) is 10.2. The molecule has 12 heteroatoms. The largest absolute Gasteiger partial charge is 0.457 e. The van der Waals surface area contributed by atoms with Crippen LogP contribution in [0.2, 0.25) is 0 Å². The molecule has 178 valence electrons. The Morgan fingerprint density at radius 2 is 2.09 bits per heavy atom. The highest BCUT2D eigenvalue weighted by Crippen LogP contribution is 2.37. The Morgan fingerprint density at radius 1 is 1.29 bits per heavy atom. The van der Waals surface area contributed by atoms with Crippen molar-refractivity contribution in [3.63, 3.8) is 0 Å². The van der Waals surface area contributed by atoms with Crippen molar-refractivity contribution in [1.29, 1.82) is 0 Å². The van der Waals surface area contributed by atoms with Crippen LogP contribution in [0.25, 0.3) is 16.9 Å². The molecular formula is C22H19F3N4O5. The number of aryl methyl sites for hydroxylation is 1. The van der Waals surface area contributed by atoms with Crippen LogP contribution in [0, 0.1) is 0 Å². The lowest BCUT2D eigenvalue weighted by Gasteiger charge is -2.14. The van der Waals surface area contributed by atoms with Crippen LogP contribution in [0.4, 0.5) is 13.2 Å². The number of aromatic nitrogens is 4. The monoisotopic (exact) mass is 476 g/mol. The van der Waals surface area contributed by atoms with Crippen molar-refractivity contribution in [2.24, 2.45) is 0 Å². The molecule has 4 aromatic rings. The van der Waals surface area contributed by atoms with E-state index in [-0.39, 0.29) is 29.4 Å². The molecule has 0 radical (unpaired) electrons. The van der Waals surface area contributed by atoms with Gasteiger partial charge in [-0.3, -0.25) is 4.40 Å². The standard InChI is InChI=1S/C22H19F3N4O5/c1-3-13-8-14(4-5-15(13)21(31)33-12(2)10-30)34-20-19-27-9-17(29(19)7-6-26-20)16-11-32-28-18(16)22(23,24)25/h4-9,11-12,30H,3,10H2,1-2H3/t12-/m1/s1. The molecule has 0 unspecified atom stereocenters. The maximum absolute atomic E-state index is 13.3. The summed E-state index contributed by atoms with van der Waals surface area (Å²) in [5.74, 6) is -0.183. The average Bonchev–Trinajstić information content (AvgIpc) is 3.46. The second-order valence-electron chi connectivity index (χ2n) is 7.32. The third-order valence-corrected chi connectivity index (χ3v) is 4.97. The highest BCUT2D eigenvalue weighted by molar-refractivity contribution is 5.91. The number of nitrogens with zero attached hydrogens (tertiary/aromatic N) is 4. The van der Waals surface area contributed by atoms with E-state index < -0.39 is 23.9 Å². The molecule has 0 fully saturated rings. The molecule has 0 aliphatic carbocycles. The number of benzene rings is 1. The smallest absolute Gasteiger partial charge is 0.437 e. The van der Waals surface area contributed by atoms with Crippen LogP contribution in [0.5, 0.6) is 11.6 Å². The number of ether oxygens (including phenoxy) is 2. The lowest BCUT2D eigenvalue weighted by Crippen LogP contribution is -2.19. The topological polar surface area (TPSA) is 112 Å². The van der Waals surface area contributed by atoms with Gasteiger partial charge < -0.3 is 19.1 Å². The molecule has 0 amide bonds. The third-order valence-electron chi connectivity index (χ3n) is 4.97. The summed E-state index contributed by atoms with van der Waals surface area (Å²) in [6, 6.07) is 4.71. The van der Waals surface area contributed by atoms with Crippen molar-refractivity contribution < 1.29 is 37.1 Å². The molecular weight excluding hydrogens is 457 g/mol. The molecule has 0 aliphatic rings. The number of carbonyl (C=O) groups excluding carboxylic acids is 1. The van der Waals surface area contributed by atoms with Gasteiger partial charge in [-0.2, -0.15) is 13.2 Å². The Morgan fingerprint density at radius 3 is 2.79 bits per heavy atom. The maximum Gasteiger partial charge on any atom is 0.437 e. The molecule has 0 saturated heterocycles. The number of imidazole rings is 1. The van der Waals surface area contributed by atoms with Gasteiger partial charge in [0.25, 0.3) is 5.88 Å². The number of hydrogen-bond acceptors (Lipinski definition) is 8. The van der Waals surface area contributed by atoms with Gasteiger partial charge in [0.15, 0.2) is 5.69 Å². The summed E-state index contributed by atoms with van der Waals surface area (Å²) >= 11 is 0. The second kappa shape index (κ2) is 9.14. The number of aliphatic hydroxyl groups excluding tert-OH is 1. The van der Waals surface area contributed by atoms with Crippen LogP contribution >= 0.6 is 0 Å². The first kappa shape index (κ1) is 23.2. The van der Waals surface area contributed by atoms with Crippen molar-refractivity contribution in [2.45, 2.75) is 32.5 Å². The van der Waals surface area contributed by atoms with E-state index in [4.69, 9.17) is 14.6 Å². The van der Waals surface area contributed by atoms with Gasteiger partial charge >= 0.3 is 12.1 Å². The number of aliphatic hydroxyl groups is 1. The minimum atomic E-state index is -4.70. The van der Waals surface area contributed by atoms with Gasteiger partial charge in [-0.1, -0.05) is 12.1 Å². The fraction of sp³-hybridized carbons (Fsp3) is 0.273. The Kier molecular flexibility index (Phi) is 6.24. The minimum absolute atomic E-state index is 0.0463. The maximum atomic E-state index is 13.3. The zero-order chi connectivity index (χ0) is 24.5. The Hall–Kier alpha value is -3.93. The number of alkyl halides is 3. The van der Waals surface area contributed by atoms with Gasteiger partial charge in [0.05, 0.1) is 29.6 Å². The Labute approximate surface area is 190 Å². The summed E-state index contributed by atoms with van der Waals surface area (Å²) in [6.45, 7) is 3.13. The van der Waals surface area contributed by atoms with Gasteiger partial charge in [-0.05, 0) is 37.1 Å². The van der Waals surface area contributed by atoms with Crippen LogP contribution < -0.4 is 4.74 Å². The second-order valence-corrected chi connectivity index (χ2v) is 7.32. The van der Waals surface area contributed by atoms with Crippen molar-refractivity contribution in [1.82, 2.24) is 19.5 Å². The normalized spacial score (nSPS) is 12.6. The summed E-state index contributed by atoms with van der Waals surface area (Å²) in [5, 5.41) is 12.2. The van der Waals surface area contributed by atoms with Crippen molar-refractivity contribution in [2.75, 3.05) is 6.61 Å². The van der Waals surface area contributed by atoms with Gasteiger partial charge in [0, 0.05) is 12.4 Å². The number of esters is 1. The van der Waals surface area contributed by atoms with Crippen LogP contribution in [-0.2, 0) is 17.3 Å². The van der Waals surface area contributed by atoms with E-state index in [0.717, 1.165) is 6.26 Å². The van der Waals surface area contributed by atoms with E-state index >= 15 is 0 Å². The predicted molar refractivity (Wildman–Crippen MR) is 111 cm³/mol. The molecule has 3 aromatic heterocycles. The zero-order valence-corrected chi connectivity index (χ0v) is 18.0. The van der Waals surface area contributed by atoms with E-state index in [0.29, 0.717) is 23.3 Å². The molecule has 1 atom stereocenters. The van der Waals surface area contributed by atoms with Crippen LogP contribution in [-0.4, -0.2) is 43.3 Å². The third kappa shape index (κ3) is 4.44. The average molecular weight is 476 g/mol. The zero-order valence-electron chi connectivity index (χ0n) is 18.0. The molecule has 3 heterocycles. The predicted octanol–water partition coefficient (Wildman–Crippen LogP) is 4.30. The fourth-order valence-corrected chi connectivity index (χ4v) is 3.31. The lowest BCUT2D eigenvalue weighted by molar-refractivity contribution is -0.142. The van der Waals surface area contributed by atoms with Crippen molar-refractivity contribution in [3.05, 3.63) is 59.9 Å². The van der Waals surface area contributed by atoms with E-state index in [9.17, 15) is 18.0 Å². The first-order chi connectivity index (χ1) is 16.2.